The Hall–Kier alpha value is -1.60. The lowest BCUT2D eigenvalue weighted by molar-refractivity contribution is -0.385. The Balaban J connectivity index is 1.89. The van der Waals surface area contributed by atoms with Gasteiger partial charge in [-0.2, -0.15) is 0 Å². The number of nitro groups is 1. The fourth-order valence-electron chi connectivity index (χ4n) is 1.60. The molecule has 0 aliphatic heterocycles. The van der Waals surface area contributed by atoms with Gasteiger partial charge in [-0.3, -0.25) is 10.1 Å². The molecule has 7 heteroatoms. The largest absolute Gasteiger partial charge is 0.490 e. The predicted octanol–water partition coefficient (Wildman–Crippen LogP) is 4.58. The number of hydrogen-bond donors (Lipinski definition) is 0. The molecule has 0 amide bonds. The number of rotatable bonds is 6. The van der Waals surface area contributed by atoms with Crippen LogP contribution < -0.4 is 9.47 Å². The number of nitro benzene ring substituents is 1. The van der Waals surface area contributed by atoms with Gasteiger partial charge in [0, 0.05) is 15.0 Å². The van der Waals surface area contributed by atoms with E-state index in [2.05, 4.69) is 31.9 Å². The minimum Gasteiger partial charge on any atom is -0.490 e. The van der Waals surface area contributed by atoms with E-state index in [9.17, 15) is 10.1 Å². The van der Waals surface area contributed by atoms with Gasteiger partial charge in [-0.05, 0) is 36.4 Å². The highest BCUT2D eigenvalue weighted by atomic mass is 79.9. The maximum Gasteiger partial charge on any atom is 0.312 e. The summed E-state index contributed by atoms with van der Waals surface area (Å²) < 4.78 is 12.5. The number of ether oxygens (including phenoxy) is 2. The molecular formula is C14H11Br2NO4. The molecule has 5 nitrogen and oxygen atoms in total. The van der Waals surface area contributed by atoms with Gasteiger partial charge in [0.1, 0.15) is 19.0 Å². The zero-order chi connectivity index (χ0) is 15.2. The first-order valence-corrected chi connectivity index (χ1v) is 7.60. The molecule has 0 aliphatic carbocycles. The van der Waals surface area contributed by atoms with Crippen LogP contribution in [0.5, 0.6) is 11.5 Å². The lowest BCUT2D eigenvalue weighted by Gasteiger charge is -2.09. The Morgan fingerprint density at radius 1 is 0.952 bits per heavy atom. The molecule has 110 valence electrons. The molecule has 2 aromatic rings. The van der Waals surface area contributed by atoms with Crippen LogP contribution in [0.1, 0.15) is 0 Å². The van der Waals surface area contributed by atoms with E-state index in [-0.39, 0.29) is 18.0 Å². The van der Waals surface area contributed by atoms with Crippen LogP contribution in [0.3, 0.4) is 0 Å². The molecule has 0 saturated carbocycles. The van der Waals surface area contributed by atoms with Crippen LogP contribution in [0.2, 0.25) is 0 Å². The molecule has 0 aromatic heterocycles. The molecule has 0 bridgehead atoms. The summed E-state index contributed by atoms with van der Waals surface area (Å²) in [4.78, 5) is 10.5. The lowest BCUT2D eigenvalue weighted by atomic mass is 10.3. The smallest absolute Gasteiger partial charge is 0.312 e. The minimum atomic E-state index is -0.477. The van der Waals surface area contributed by atoms with Crippen molar-refractivity contribution in [3.05, 3.63) is 61.5 Å². The molecule has 0 spiro atoms. The molecular weight excluding hydrogens is 406 g/mol. The van der Waals surface area contributed by atoms with Crippen LogP contribution in [0.15, 0.2) is 51.4 Å². The Kier molecular flexibility index (Phi) is 5.58. The summed E-state index contributed by atoms with van der Waals surface area (Å²) in [5.74, 6) is 0.940. The van der Waals surface area contributed by atoms with Gasteiger partial charge in [-0.15, -0.1) is 0 Å². The van der Waals surface area contributed by atoms with Crippen molar-refractivity contribution in [1.82, 2.24) is 0 Å². The van der Waals surface area contributed by atoms with Crippen molar-refractivity contribution in [3.8, 4) is 11.5 Å². The Labute approximate surface area is 138 Å². The highest BCUT2D eigenvalue weighted by Crippen LogP contribution is 2.30. The molecule has 0 saturated heterocycles. The first kappa shape index (κ1) is 15.8. The predicted molar refractivity (Wildman–Crippen MR) is 85.9 cm³/mol. The summed E-state index contributed by atoms with van der Waals surface area (Å²) >= 11 is 6.53. The Morgan fingerprint density at radius 3 is 2.24 bits per heavy atom. The van der Waals surface area contributed by atoms with Crippen LogP contribution in [-0.2, 0) is 0 Å². The van der Waals surface area contributed by atoms with Crippen molar-refractivity contribution in [2.75, 3.05) is 13.2 Å². The summed E-state index contributed by atoms with van der Waals surface area (Å²) in [5.41, 5.74) is -0.0759. The summed E-state index contributed by atoms with van der Waals surface area (Å²) in [5, 5.41) is 10.9. The maximum atomic E-state index is 10.9. The van der Waals surface area contributed by atoms with Gasteiger partial charge < -0.3 is 9.47 Å². The maximum absolute atomic E-state index is 10.9. The second-order valence-corrected chi connectivity index (χ2v) is 5.85. The van der Waals surface area contributed by atoms with E-state index in [1.807, 2.05) is 24.3 Å². The van der Waals surface area contributed by atoms with Gasteiger partial charge in [0.15, 0.2) is 5.75 Å². The second-order valence-electron chi connectivity index (χ2n) is 4.02. The van der Waals surface area contributed by atoms with Crippen LogP contribution in [-0.4, -0.2) is 18.1 Å². The van der Waals surface area contributed by atoms with Gasteiger partial charge in [0.2, 0.25) is 0 Å². The molecule has 0 radical (unpaired) electrons. The van der Waals surface area contributed by atoms with E-state index in [0.29, 0.717) is 16.8 Å². The second kappa shape index (κ2) is 7.42. The Morgan fingerprint density at radius 2 is 1.57 bits per heavy atom. The lowest BCUT2D eigenvalue weighted by Crippen LogP contribution is -2.09. The van der Waals surface area contributed by atoms with Gasteiger partial charge in [0.05, 0.1) is 4.92 Å². The highest BCUT2D eigenvalue weighted by Gasteiger charge is 2.15. The van der Waals surface area contributed by atoms with Gasteiger partial charge in [-0.25, -0.2) is 0 Å². The third-order valence-electron chi connectivity index (χ3n) is 2.54. The van der Waals surface area contributed by atoms with E-state index >= 15 is 0 Å². The van der Waals surface area contributed by atoms with Crippen LogP contribution in [0, 0.1) is 10.1 Å². The highest BCUT2D eigenvalue weighted by molar-refractivity contribution is 9.10. The third kappa shape index (κ3) is 4.71. The summed E-state index contributed by atoms with van der Waals surface area (Å²) in [7, 11) is 0. The van der Waals surface area contributed by atoms with Crippen LogP contribution >= 0.6 is 31.9 Å². The topological polar surface area (TPSA) is 61.6 Å². The molecule has 0 atom stereocenters. The molecule has 0 unspecified atom stereocenters. The quantitative estimate of drug-likeness (QED) is 0.393. The molecule has 0 aliphatic rings. The van der Waals surface area contributed by atoms with Crippen molar-refractivity contribution in [2.24, 2.45) is 0 Å². The number of hydrogen-bond acceptors (Lipinski definition) is 4. The third-order valence-corrected chi connectivity index (χ3v) is 3.56. The van der Waals surface area contributed by atoms with E-state index in [4.69, 9.17) is 9.47 Å². The van der Waals surface area contributed by atoms with Crippen LogP contribution in [0.25, 0.3) is 0 Å². The minimum absolute atomic E-state index is 0.0759. The van der Waals surface area contributed by atoms with Crippen molar-refractivity contribution >= 4 is 37.5 Å². The number of benzene rings is 2. The average Bonchev–Trinajstić information content (AvgIpc) is 2.46. The zero-order valence-electron chi connectivity index (χ0n) is 10.8. The first-order chi connectivity index (χ1) is 10.1. The number of nitrogens with zero attached hydrogens (tertiary/aromatic N) is 1. The molecule has 0 heterocycles. The van der Waals surface area contributed by atoms with Crippen molar-refractivity contribution in [3.63, 3.8) is 0 Å². The Bertz CT molecular complexity index is 631. The standard InChI is InChI=1S/C14H11Br2NO4/c15-10-1-4-12(5-2-10)20-7-8-21-14-6-3-11(16)9-13(14)17(18)19/h1-6,9H,7-8H2. The fourth-order valence-corrected chi connectivity index (χ4v) is 2.21. The molecule has 21 heavy (non-hydrogen) atoms. The normalized spacial score (nSPS) is 10.2. The van der Waals surface area contributed by atoms with Crippen molar-refractivity contribution in [2.45, 2.75) is 0 Å². The molecule has 2 rings (SSSR count). The summed E-state index contributed by atoms with van der Waals surface area (Å²) in [6.45, 7) is 0.521. The summed E-state index contributed by atoms with van der Waals surface area (Å²) in [6.07, 6.45) is 0. The van der Waals surface area contributed by atoms with E-state index in [0.717, 1.165) is 4.47 Å². The summed E-state index contributed by atoms with van der Waals surface area (Å²) in [6, 6.07) is 12.1. The van der Waals surface area contributed by atoms with E-state index < -0.39 is 4.92 Å². The van der Waals surface area contributed by atoms with Crippen molar-refractivity contribution < 1.29 is 14.4 Å². The molecule has 0 fully saturated rings. The van der Waals surface area contributed by atoms with Crippen LogP contribution in [0.4, 0.5) is 5.69 Å². The van der Waals surface area contributed by atoms with Gasteiger partial charge in [0.25, 0.3) is 0 Å². The fraction of sp³-hybridized carbons (Fsp3) is 0.143. The SMILES string of the molecule is O=[N+]([O-])c1cc(Br)ccc1OCCOc1ccc(Br)cc1. The van der Waals surface area contributed by atoms with E-state index in [1.54, 1.807) is 12.1 Å². The molecule has 2 aromatic carbocycles. The van der Waals surface area contributed by atoms with Crippen molar-refractivity contribution in [1.29, 1.82) is 0 Å². The first-order valence-electron chi connectivity index (χ1n) is 6.01. The average molecular weight is 417 g/mol. The van der Waals surface area contributed by atoms with Gasteiger partial charge >= 0.3 is 5.69 Å². The van der Waals surface area contributed by atoms with E-state index in [1.165, 1.54) is 6.07 Å². The monoisotopic (exact) mass is 415 g/mol. The number of halogens is 2. The molecule has 0 N–H and O–H groups in total. The zero-order valence-corrected chi connectivity index (χ0v) is 14.0. The van der Waals surface area contributed by atoms with Gasteiger partial charge in [-0.1, -0.05) is 31.9 Å².